The van der Waals surface area contributed by atoms with Gasteiger partial charge in [-0.05, 0) is 70.9 Å². The molecule has 0 saturated heterocycles. The van der Waals surface area contributed by atoms with E-state index in [0.717, 1.165) is 11.8 Å². The minimum Gasteiger partial charge on any atom is -0.0616 e. The molecule has 0 atom stereocenters. The first-order valence-electron chi connectivity index (χ1n) is 12.2. The van der Waals surface area contributed by atoms with Crippen molar-refractivity contribution < 1.29 is 0 Å². The van der Waals surface area contributed by atoms with Gasteiger partial charge in [0.15, 0.2) is 0 Å². The third-order valence-electron chi connectivity index (χ3n) is 7.52. The summed E-state index contributed by atoms with van der Waals surface area (Å²) in [6.45, 7) is 0. The normalized spacial score (nSPS) is 18.4. The molecule has 5 rings (SSSR count). The molecule has 3 aromatic rings. The first-order chi connectivity index (χ1) is 14.9. The maximum Gasteiger partial charge on any atom is -0.0105 e. The third kappa shape index (κ3) is 4.24. The minimum atomic E-state index is 0.773. The molecule has 2 aliphatic rings. The topological polar surface area (TPSA) is 0 Å². The van der Waals surface area contributed by atoms with Gasteiger partial charge in [0.2, 0.25) is 0 Å². The summed E-state index contributed by atoms with van der Waals surface area (Å²) in [6, 6.07) is 27.8. The van der Waals surface area contributed by atoms with Gasteiger partial charge < -0.3 is 0 Å². The molecule has 0 unspecified atom stereocenters. The first-order valence-corrected chi connectivity index (χ1v) is 12.2. The smallest absolute Gasteiger partial charge is 0.0105 e. The Kier molecular flexibility index (Phi) is 6.02. The highest BCUT2D eigenvalue weighted by Gasteiger charge is 2.17. The van der Waals surface area contributed by atoms with Crippen molar-refractivity contribution in [1.29, 1.82) is 0 Å². The van der Waals surface area contributed by atoms with Crippen molar-refractivity contribution in [3.05, 3.63) is 83.9 Å². The molecule has 2 saturated carbocycles. The quantitative estimate of drug-likeness (QED) is 0.414. The molecule has 3 aromatic carbocycles. The van der Waals surface area contributed by atoms with Crippen LogP contribution in [0, 0.1) is 0 Å². The second kappa shape index (κ2) is 9.21. The van der Waals surface area contributed by atoms with E-state index in [0.29, 0.717) is 0 Å². The van der Waals surface area contributed by atoms with Crippen LogP contribution in [0.25, 0.3) is 22.3 Å². The van der Waals surface area contributed by atoms with Crippen LogP contribution in [0.1, 0.15) is 87.2 Å². The average molecular weight is 395 g/mol. The summed E-state index contributed by atoms with van der Waals surface area (Å²) < 4.78 is 0. The lowest BCUT2D eigenvalue weighted by Crippen LogP contribution is -2.04. The molecule has 0 aromatic heterocycles. The van der Waals surface area contributed by atoms with Gasteiger partial charge in [0.25, 0.3) is 0 Å². The van der Waals surface area contributed by atoms with Crippen LogP contribution in [0.2, 0.25) is 0 Å². The maximum absolute atomic E-state index is 2.38. The van der Waals surface area contributed by atoms with Crippen LogP contribution in [0.4, 0.5) is 0 Å². The second-order valence-electron chi connectivity index (χ2n) is 9.46. The fraction of sp³-hybridized carbons (Fsp3) is 0.400. The summed E-state index contributed by atoms with van der Waals surface area (Å²) in [5.74, 6) is 1.55. The molecular weight excluding hydrogens is 360 g/mol. The van der Waals surface area contributed by atoms with E-state index >= 15 is 0 Å². The molecule has 154 valence electrons. The predicted molar refractivity (Wildman–Crippen MR) is 129 cm³/mol. The van der Waals surface area contributed by atoms with E-state index in [4.69, 9.17) is 0 Å². The Bertz CT molecular complexity index is 856. The molecule has 0 radical (unpaired) electrons. The Hall–Kier alpha value is -2.34. The number of hydrogen-bond donors (Lipinski definition) is 0. The third-order valence-corrected chi connectivity index (χ3v) is 7.52. The summed E-state index contributed by atoms with van der Waals surface area (Å²) in [5.41, 5.74) is 8.43. The van der Waals surface area contributed by atoms with E-state index in [1.54, 1.807) is 0 Å². The summed E-state index contributed by atoms with van der Waals surface area (Å²) in [5, 5.41) is 0. The summed E-state index contributed by atoms with van der Waals surface area (Å²) in [6.07, 6.45) is 13.9. The fourth-order valence-electron chi connectivity index (χ4n) is 5.73. The Morgan fingerprint density at radius 3 is 1.13 bits per heavy atom. The summed E-state index contributed by atoms with van der Waals surface area (Å²) >= 11 is 0. The SMILES string of the molecule is c1ccc(-c2ccc(C3CCCCC3)cc2)c(-c2ccc(C3CCCCC3)cc2)c1. The van der Waals surface area contributed by atoms with Crippen molar-refractivity contribution in [2.24, 2.45) is 0 Å². The molecule has 30 heavy (non-hydrogen) atoms. The second-order valence-corrected chi connectivity index (χ2v) is 9.46. The fourth-order valence-corrected chi connectivity index (χ4v) is 5.73. The summed E-state index contributed by atoms with van der Waals surface area (Å²) in [4.78, 5) is 0. The lowest BCUT2D eigenvalue weighted by Gasteiger charge is -2.22. The first kappa shape index (κ1) is 19.6. The van der Waals surface area contributed by atoms with E-state index in [9.17, 15) is 0 Å². The Morgan fingerprint density at radius 2 is 0.767 bits per heavy atom. The van der Waals surface area contributed by atoms with E-state index in [1.807, 2.05) is 0 Å². The van der Waals surface area contributed by atoms with Crippen molar-refractivity contribution in [3.63, 3.8) is 0 Å². The van der Waals surface area contributed by atoms with Crippen LogP contribution in [0.5, 0.6) is 0 Å². The molecule has 0 amide bonds. The van der Waals surface area contributed by atoms with Crippen LogP contribution in [-0.4, -0.2) is 0 Å². The van der Waals surface area contributed by atoms with Crippen molar-refractivity contribution in [2.75, 3.05) is 0 Å². The van der Waals surface area contributed by atoms with Crippen molar-refractivity contribution in [3.8, 4) is 22.3 Å². The van der Waals surface area contributed by atoms with E-state index in [1.165, 1.54) is 97.6 Å². The average Bonchev–Trinajstić information content (AvgIpc) is 2.85. The van der Waals surface area contributed by atoms with Gasteiger partial charge in [-0.15, -0.1) is 0 Å². The number of benzene rings is 3. The highest BCUT2D eigenvalue weighted by atomic mass is 14.2. The molecule has 0 spiro atoms. The van der Waals surface area contributed by atoms with E-state index < -0.39 is 0 Å². The van der Waals surface area contributed by atoms with Gasteiger partial charge in [-0.1, -0.05) is 111 Å². The van der Waals surface area contributed by atoms with Gasteiger partial charge in [0, 0.05) is 0 Å². The molecule has 2 fully saturated rings. The lowest BCUT2D eigenvalue weighted by atomic mass is 9.83. The van der Waals surface area contributed by atoms with Gasteiger partial charge in [0.05, 0.1) is 0 Å². The number of rotatable bonds is 4. The van der Waals surface area contributed by atoms with Crippen LogP contribution in [0.15, 0.2) is 72.8 Å². The minimum absolute atomic E-state index is 0.773. The lowest BCUT2D eigenvalue weighted by molar-refractivity contribution is 0.443. The molecule has 0 bridgehead atoms. The molecule has 0 aliphatic heterocycles. The monoisotopic (exact) mass is 394 g/mol. The zero-order valence-electron chi connectivity index (χ0n) is 18.2. The molecule has 0 heteroatoms. The van der Waals surface area contributed by atoms with Crippen molar-refractivity contribution in [2.45, 2.75) is 76.0 Å². The van der Waals surface area contributed by atoms with Crippen LogP contribution in [0.3, 0.4) is 0 Å². The zero-order chi connectivity index (χ0) is 20.2. The largest absolute Gasteiger partial charge is 0.0616 e. The highest BCUT2D eigenvalue weighted by molar-refractivity contribution is 5.83. The van der Waals surface area contributed by atoms with Gasteiger partial charge in [-0.3, -0.25) is 0 Å². The van der Waals surface area contributed by atoms with E-state index in [2.05, 4.69) is 72.8 Å². The van der Waals surface area contributed by atoms with Gasteiger partial charge in [-0.2, -0.15) is 0 Å². The van der Waals surface area contributed by atoms with Gasteiger partial charge in [-0.25, -0.2) is 0 Å². The zero-order valence-corrected chi connectivity index (χ0v) is 18.2. The molecule has 0 N–H and O–H groups in total. The summed E-state index contributed by atoms with van der Waals surface area (Å²) in [7, 11) is 0. The highest BCUT2D eigenvalue weighted by Crippen LogP contribution is 2.37. The maximum atomic E-state index is 2.38. The molecule has 0 heterocycles. The van der Waals surface area contributed by atoms with Crippen LogP contribution in [-0.2, 0) is 0 Å². The Labute approximate surface area is 182 Å². The number of hydrogen-bond acceptors (Lipinski definition) is 0. The van der Waals surface area contributed by atoms with Crippen molar-refractivity contribution >= 4 is 0 Å². The molecular formula is C30H34. The molecule has 0 nitrogen and oxygen atoms in total. The van der Waals surface area contributed by atoms with E-state index in [-0.39, 0.29) is 0 Å². The van der Waals surface area contributed by atoms with Gasteiger partial charge >= 0.3 is 0 Å². The van der Waals surface area contributed by atoms with Gasteiger partial charge in [0.1, 0.15) is 0 Å². The van der Waals surface area contributed by atoms with Crippen LogP contribution < -0.4 is 0 Å². The molecule has 2 aliphatic carbocycles. The predicted octanol–water partition coefficient (Wildman–Crippen LogP) is 9.12. The standard InChI is InChI=1S/C30H34/c1-3-9-23(10-4-1)25-15-19-27(20-16-25)29-13-7-8-14-30(29)28-21-17-26(18-22-28)24-11-5-2-6-12-24/h7-8,13-24H,1-6,9-12H2. The van der Waals surface area contributed by atoms with Crippen LogP contribution >= 0.6 is 0 Å². The van der Waals surface area contributed by atoms with Crippen molar-refractivity contribution in [1.82, 2.24) is 0 Å². The Morgan fingerprint density at radius 1 is 0.400 bits per heavy atom. The Balaban J connectivity index is 1.40.